The highest BCUT2D eigenvalue weighted by molar-refractivity contribution is 6.12. The highest BCUT2D eigenvalue weighted by Crippen LogP contribution is 2.35. The van der Waals surface area contributed by atoms with Gasteiger partial charge in [-0.05, 0) is 59.7 Å². The molecule has 0 amide bonds. The van der Waals surface area contributed by atoms with E-state index in [4.69, 9.17) is 0 Å². The van der Waals surface area contributed by atoms with Crippen molar-refractivity contribution in [2.24, 2.45) is 0 Å². The maximum atomic E-state index is 2.45. The second kappa shape index (κ2) is 7.35. The van der Waals surface area contributed by atoms with Crippen LogP contribution in [0.2, 0.25) is 0 Å². The van der Waals surface area contributed by atoms with E-state index in [9.17, 15) is 0 Å². The molecule has 0 atom stereocenters. The van der Waals surface area contributed by atoms with Gasteiger partial charge < -0.3 is 0 Å². The van der Waals surface area contributed by atoms with Crippen molar-refractivity contribution in [3.8, 4) is 11.1 Å². The molecule has 31 heavy (non-hydrogen) atoms. The summed E-state index contributed by atoms with van der Waals surface area (Å²) in [6, 6.07) is 32.0. The van der Waals surface area contributed by atoms with Crippen LogP contribution in [0.15, 0.2) is 91.1 Å². The van der Waals surface area contributed by atoms with Crippen molar-refractivity contribution in [3.05, 3.63) is 113 Å². The Morgan fingerprint density at radius 1 is 0.677 bits per heavy atom. The van der Waals surface area contributed by atoms with Gasteiger partial charge in [-0.2, -0.15) is 4.57 Å². The van der Waals surface area contributed by atoms with Gasteiger partial charge in [-0.25, -0.2) is 0 Å². The highest BCUT2D eigenvalue weighted by Gasteiger charge is 2.18. The molecule has 5 bridgehead atoms. The summed E-state index contributed by atoms with van der Waals surface area (Å²) in [5.74, 6) is 0. The van der Waals surface area contributed by atoms with E-state index in [1.165, 1.54) is 55.1 Å². The zero-order valence-corrected chi connectivity index (χ0v) is 17.9. The smallest absolute Gasteiger partial charge is 0.197 e. The molecule has 0 unspecified atom stereocenters. The van der Waals surface area contributed by atoms with Gasteiger partial charge in [0, 0.05) is 23.3 Å². The Balaban J connectivity index is 1.68. The summed E-state index contributed by atoms with van der Waals surface area (Å²) in [6.45, 7) is 3.14. The van der Waals surface area contributed by atoms with E-state index >= 15 is 0 Å². The Labute approximate surface area is 183 Å². The van der Waals surface area contributed by atoms with E-state index in [2.05, 4.69) is 103 Å². The van der Waals surface area contributed by atoms with Crippen LogP contribution in [0.3, 0.4) is 0 Å². The lowest BCUT2D eigenvalue weighted by molar-refractivity contribution is -0.669. The van der Waals surface area contributed by atoms with Crippen LogP contribution in [0.25, 0.3) is 32.8 Å². The molecule has 0 fully saturated rings. The first-order valence-corrected chi connectivity index (χ1v) is 11.3. The van der Waals surface area contributed by atoms with Gasteiger partial charge in [-0.1, -0.05) is 72.3 Å². The third-order valence-corrected chi connectivity index (χ3v) is 6.74. The normalized spacial score (nSPS) is 13.5. The van der Waals surface area contributed by atoms with E-state index in [-0.39, 0.29) is 0 Å². The molecule has 0 spiro atoms. The monoisotopic (exact) mass is 400 g/mol. The number of benzene rings is 4. The number of hydrogen-bond donors (Lipinski definition) is 0. The van der Waals surface area contributed by atoms with E-state index in [1.54, 1.807) is 0 Å². The fraction of sp³-hybridized carbons (Fsp3) is 0.167. The van der Waals surface area contributed by atoms with Crippen molar-refractivity contribution in [1.29, 1.82) is 0 Å². The SMILES string of the molecule is Cc1ccc(-c2cc3cc4c[n+](c5ccccc5c24)CCc2ccc(cc2)CC3)cc1. The topological polar surface area (TPSA) is 3.88 Å². The van der Waals surface area contributed by atoms with Crippen LogP contribution < -0.4 is 4.57 Å². The molecule has 2 aliphatic heterocycles. The minimum atomic E-state index is 0.986. The standard InChI is InChI=1S/C30H26N/c1-21-6-14-25(15-7-21)28-19-24-13-12-22-8-10-23(11-9-22)16-17-31-20-26(18-24)30(28)27-4-2-3-5-29(27)31/h2-11,14-15,18-20H,12-13,16-17H2,1H3/q+1. The predicted octanol–water partition coefficient (Wildman–Crippen LogP) is 6.60. The molecule has 1 nitrogen and oxygen atoms in total. The summed E-state index contributed by atoms with van der Waals surface area (Å²) in [5.41, 5.74) is 9.50. The molecule has 1 aromatic heterocycles. The van der Waals surface area contributed by atoms with E-state index in [1.807, 2.05) is 0 Å². The molecular formula is C30H26N+. The van der Waals surface area contributed by atoms with Crippen LogP contribution in [-0.4, -0.2) is 0 Å². The van der Waals surface area contributed by atoms with Crippen molar-refractivity contribution >= 4 is 21.7 Å². The lowest BCUT2D eigenvalue weighted by atomic mass is 9.91. The molecule has 5 aromatic rings. The molecule has 0 aliphatic carbocycles. The summed E-state index contributed by atoms with van der Waals surface area (Å²) in [5, 5.41) is 4.05. The fourth-order valence-electron chi connectivity index (χ4n) is 5.00. The Kier molecular flexibility index (Phi) is 4.35. The van der Waals surface area contributed by atoms with Crippen molar-refractivity contribution in [1.82, 2.24) is 0 Å². The third kappa shape index (κ3) is 3.31. The minimum Gasteiger partial charge on any atom is -0.197 e. The Morgan fingerprint density at radius 3 is 2.19 bits per heavy atom. The molecule has 4 aromatic carbocycles. The van der Waals surface area contributed by atoms with Crippen LogP contribution in [0.1, 0.15) is 22.3 Å². The summed E-state index contributed by atoms with van der Waals surface area (Å²) in [4.78, 5) is 0. The van der Waals surface area contributed by atoms with Gasteiger partial charge in [-0.15, -0.1) is 0 Å². The number of rotatable bonds is 1. The first-order chi connectivity index (χ1) is 15.2. The van der Waals surface area contributed by atoms with Crippen molar-refractivity contribution in [2.45, 2.75) is 32.7 Å². The number of fused-ring (bicyclic) bond motifs is 6. The van der Waals surface area contributed by atoms with Crippen LogP contribution in [-0.2, 0) is 25.8 Å². The van der Waals surface area contributed by atoms with Gasteiger partial charge >= 0.3 is 0 Å². The Morgan fingerprint density at radius 2 is 1.39 bits per heavy atom. The maximum absolute atomic E-state index is 2.45. The van der Waals surface area contributed by atoms with Crippen LogP contribution in [0, 0.1) is 6.92 Å². The number of hydrogen-bond acceptors (Lipinski definition) is 0. The molecule has 0 N–H and O–H groups in total. The number of nitrogens with zero attached hydrogens (tertiary/aromatic N) is 1. The molecular weight excluding hydrogens is 374 g/mol. The quantitative estimate of drug-likeness (QED) is 0.220. The molecule has 1 heteroatoms. The van der Waals surface area contributed by atoms with Crippen molar-refractivity contribution in [2.75, 3.05) is 0 Å². The van der Waals surface area contributed by atoms with E-state index < -0.39 is 0 Å². The van der Waals surface area contributed by atoms with Gasteiger partial charge in [0.2, 0.25) is 5.52 Å². The molecule has 3 heterocycles. The summed E-state index contributed by atoms with van der Waals surface area (Å²) < 4.78 is 2.45. The van der Waals surface area contributed by atoms with Gasteiger partial charge in [0.15, 0.2) is 12.7 Å². The van der Waals surface area contributed by atoms with Gasteiger partial charge in [0.1, 0.15) is 0 Å². The first kappa shape index (κ1) is 18.3. The fourth-order valence-corrected chi connectivity index (χ4v) is 5.00. The van der Waals surface area contributed by atoms with E-state index in [0.717, 1.165) is 25.8 Å². The zero-order chi connectivity index (χ0) is 20.8. The molecule has 0 saturated heterocycles. The molecule has 0 radical (unpaired) electrons. The minimum absolute atomic E-state index is 0.986. The highest BCUT2D eigenvalue weighted by atomic mass is 14.9. The van der Waals surface area contributed by atoms with Crippen LogP contribution in [0.5, 0.6) is 0 Å². The van der Waals surface area contributed by atoms with Gasteiger partial charge in [0.05, 0.1) is 5.39 Å². The average Bonchev–Trinajstić information content (AvgIpc) is 2.82. The number of aryl methyl sites for hydroxylation is 5. The van der Waals surface area contributed by atoms with E-state index in [0.29, 0.717) is 0 Å². The molecule has 0 saturated carbocycles. The number of pyridine rings is 1. The second-order valence-corrected chi connectivity index (χ2v) is 8.88. The molecule has 2 aliphatic rings. The summed E-state index contributed by atoms with van der Waals surface area (Å²) >= 11 is 0. The zero-order valence-electron chi connectivity index (χ0n) is 17.9. The maximum Gasteiger partial charge on any atom is 0.213 e. The third-order valence-electron chi connectivity index (χ3n) is 6.74. The summed E-state index contributed by atoms with van der Waals surface area (Å²) in [6.07, 6.45) is 5.56. The average molecular weight is 401 g/mol. The molecule has 150 valence electrons. The lowest BCUT2D eigenvalue weighted by Gasteiger charge is -2.13. The first-order valence-electron chi connectivity index (χ1n) is 11.3. The van der Waals surface area contributed by atoms with Crippen LogP contribution >= 0.6 is 0 Å². The number of para-hydroxylation sites is 1. The lowest BCUT2D eigenvalue weighted by Crippen LogP contribution is -2.35. The Bertz CT molecular complexity index is 1410. The number of aromatic nitrogens is 1. The van der Waals surface area contributed by atoms with Crippen molar-refractivity contribution < 1.29 is 4.57 Å². The Hall–Kier alpha value is -3.45. The predicted molar refractivity (Wildman–Crippen MR) is 129 cm³/mol. The second-order valence-electron chi connectivity index (χ2n) is 8.88. The van der Waals surface area contributed by atoms with Crippen LogP contribution in [0.4, 0.5) is 0 Å². The molecule has 7 rings (SSSR count). The van der Waals surface area contributed by atoms with Gasteiger partial charge in [-0.3, -0.25) is 0 Å². The summed E-state index contributed by atoms with van der Waals surface area (Å²) in [7, 11) is 0. The van der Waals surface area contributed by atoms with Crippen molar-refractivity contribution in [3.63, 3.8) is 0 Å². The largest absolute Gasteiger partial charge is 0.213 e. The van der Waals surface area contributed by atoms with Gasteiger partial charge in [0.25, 0.3) is 0 Å².